The Morgan fingerprint density at radius 3 is 2.38 bits per heavy atom. The summed E-state index contributed by atoms with van der Waals surface area (Å²) in [5, 5.41) is 3.55. The van der Waals surface area contributed by atoms with Crippen LogP contribution < -0.4 is 14.8 Å². The maximum atomic E-state index is 12.2. The zero-order valence-corrected chi connectivity index (χ0v) is 16.7. The zero-order valence-electron chi connectivity index (χ0n) is 16.0. The molecule has 1 amide bonds. The van der Waals surface area contributed by atoms with Gasteiger partial charge in [0.1, 0.15) is 18.1 Å². The van der Waals surface area contributed by atoms with Gasteiger partial charge in [-0.05, 0) is 75.1 Å². The van der Waals surface area contributed by atoms with Gasteiger partial charge in [0.05, 0.1) is 6.54 Å². The van der Waals surface area contributed by atoms with Crippen molar-refractivity contribution >= 4 is 17.5 Å². The van der Waals surface area contributed by atoms with E-state index in [-0.39, 0.29) is 5.91 Å². The number of rotatable bonds is 7. The molecule has 1 N–H and O–H groups in total. The van der Waals surface area contributed by atoms with Crippen molar-refractivity contribution < 1.29 is 14.3 Å². The Kier molecular flexibility index (Phi) is 6.92. The summed E-state index contributed by atoms with van der Waals surface area (Å²) in [6, 6.07) is 9.73. The van der Waals surface area contributed by atoms with Crippen molar-refractivity contribution in [1.29, 1.82) is 0 Å². The smallest absolute Gasteiger partial charge is 0.260 e. The minimum atomic E-state index is -0.601. The molecule has 0 saturated heterocycles. The van der Waals surface area contributed by atoms with Gasteiger partial charge in [-0.3, -0.25) is 4.79 Å². The Bertz CT molecular complexity index is 766. The molecule has 0 spiro atoms. The lowest BCUT2D eigenvalue weighted by Crippen LogP contribution is -2.38. The van der Waals surface area contributed by atoms with E-state index in [4.69, 9.17) is 21.1 Å². The average molecular weight is 376 g/mol. The Balaban J connectivity index is 1.81. The van der Waals surface area contributed by atoms with Crippen LogP contribution in [-0.4, -0.2) is 25.2 Å². The standard InChI is InChI=1S/C21H26ClNO3/c1-13-6-7-14(2)19(10-13)25-9-8-23-21(24)17(5)26-18-11-15(3)20(22)16(4)12-18/h6-7,10-12,17H,8-9H2,1-5H3,(H,23,24)/t17-/m1/s1. The van der Waals surface area contributed by atoms with Gasteiger partial charge in [0.25, 0.3) is 5.91 Å². The Morgan fingerprint density at radius 2 is 1.73 bits per heavy atom. The highest BCUT2D eigenvalue weighted by atomic mass is 35.5. The molecule has 1 atom stereocenters. The highest BCUT2D eigenvalue weighted by Gasteiger charge is 2.15. The average Bonchev–Trinajstić information content (AvgIpc) is 2.59. The fraction of sp³-hybridized carbons (Fsp3) is 0.381. The molecule has 2 aromatic rings. The van der Waals surface area contributed by atoms with E-state index in [2.05, 4.69) is 5.32 Å². The summed E-state index contributed by atoms with van der Waals surface area (Å²) in [5.74, 6) is 1.30. The van der Waals surface area contributed by atoms with Crippen LogP contribution in [-0.2, 0) is 4.79 Å². The van der Waals surface area contributed by atoms with Gasteiger partial charge in [0.2, 0.25) is 0 Å². The van der Waals surface area contributed by atoms with Crippen LogP contribution in [0, 0.1) is 27.7 Å². The predicted octanol–water partition coefficient (Wildman–Crippen LogP) is 4.54. The second-order valence-electron chi connectivity index (χ2n) is 6.54. The molecule has 2 rings (SSSR count). The summed E-state index contributed by atoms with van der Waals surface area (Å²) < 4.78 is 11.5. The molecule has 0 saturated carbocycles. The number of carbonyl (C=O) groups is 1. The van der Waals surface area contributed by atoms with E-state index < -0.39 is 6.10 Å². The van der Waals surface area contributed by atoms with Gasteiger partial charge in [0.15, 0.2) is 6.10 Å². The van der Waals surface area contributed by atoms with Crippen LogP contribution in [0.1, 0.15) is 29.2 Å². The second kappa shape index (κ2) is 8.95. The number of amides is 1. The molecular formula is C21H26ClNO3. The lowest BCUT2D eigenvalue weighted by molar-refractivity contribution is -0.127. The van der Waals surface area contributed by atoms with Gasteiger partial charge in [-0.1, -0.05) is 23.7 Å². The summed E-state index contributed by atoms with van der Waals surface area (Å²) in [5.41, 5.74) is 4.07. The normalized spacial score (nSPS) is 11.8. The minimum Gasteiger partial charge on any atom is -0.491 e. The van der Waals surface area contributed by atoms with E-state index in [9.17, 15) is 4.79 Å². The van der Waals surface area contributed by atoms with Gasteiger partial charge in [0, 0.05) is 5.02 Å². The van der Waals surface area contributed by atoms with Crippen molar-refractivity contribution in [2.24, 2.45) is 0 Å². The predicted molar refractivity (Wildman–Crippen MR) is 105 cm³/mol. The third kappa shape index (κ3) is 5.40. The van der Waals surface area contributed by atoms with Gasteiger partial charge < -0.3 is 14.8 Å². The molecular weight excluding hydrogens is 350 g/mol. The first kappa shape index (κ1) is 20.1. The Hall–Kier alpha value is -2.20. The number of aryl methyl sites for hydroxylation is 4. The van der Waals surface area contributed by atoms with Crippen molar-refractivity contribution in [1.82, 2.24) is 5.32 Å². The van der Waals surface area contributed by atoms with Crippen LogP contribution in [0.15, 0.2) is 30.3 Å². The highest BCUT2D eigenvalue weighted by Crippen LogP contribution is 2.26. The van der Waals surface area contributed by atoms with Gasteiger partial charge in [-0.15, -0.1) is 0 Å². The summed E-state index contributed by atoms with van der Waals surface area (Å²) >= 11 is 6.16. The number of benzene rings is 2. The van der Waals surface area contributed by atoms with Gasteiger partial charge in [-0.2, -0.15) is 0 Å². The monoisotopic (exact) mass is 375 g/mol. The van der Waals surface area contributed by atoms with Crippen molar-refractivity contribution in [3.05, 3.63) is 57.6 Å². The molecule has 0 radical (unpaired) electrons. The SMILES string of the molecule is Cc1ccc(C)c(OCCNC(=O)[C@@H](C)Oc2cc(C)c(Cl)c(C)c2)c1. The molecule has 26 heavy (non-hydrogen) atoms. The largest absolute Gasteiger partial charge is 0.491 e. The molecule has 0 fully saturated rings. The molecule has 0 unspecified atom stereocenters. The molecule has 2 aromatic carbocycles. The highest BCUT2D eigenvalue weighted by molar-refractivity contribution is 6.32. The molecule has 0 aliphatic heterocycles. The van der Waals surface area contributed by atoms with Gasteiger partial charge in [-0.25, -0.2) is 0 Å². The second-order valence-corrected chi connectivity index (χ2v) is 6.92. The number of carbonyl (C=O) groups excluding carboxylic acids is 1. The van der Waals surface area contributed by atoms with Crippen LogP contribution in [0.3, 0.4) is 0 Å². The molecule has 140 valence electrons. The number of nitrogens with one attached hydrogen (secondary N) is 1. The van der Waals surface area contributed by atoms with Crippen LogP contribution in [0.5, 0.6) is 11.5 Å². The van der Waals surface area contributed by atoms with E-state index in [1.54, 1.807) is 6.92 Å². The molecule has 0 aliphatic rings. The van der Waals surface area contributed by atoms with E-state index in [0.29, 0.717) is 18.9 Å². The van der Waals surface area contributed by atoms with Crippen LogP contribution in [0.4, 0.5) is 0 Å². The minimum absolute atomic E-state index is 0.181. The maximum Gasteiger partial charge on any atom is 0.260 e. The number of ether oxygens (including phenoxy) is 2. The van der Waals surface area contributed by atoms with Crippen molar-refractivity contribution in [3.8, 4) is 11.5 Å². The summed E-state index contributed by atoms with van der Waals surface area (Å²) in [4.78, 5) is 12.2. The van der Waals surface area contributed by atoms with Crippen molar-refractivity contribution in [2.45, 2.75) is 40.7 Å². The van der Waals surface area contributed by atoms with E-state index in [1.165, 1.54) is 0 Å². The first-order valence-corrected chi connectivity index (χ1v) is 9.07. The van der Waals surface area contributed by atoms with Gasteiger partial charge >= 0.3 is 0 Å². The molecule has 0 aliphatic carbocycles. The Labute approximate surface area is 160 Å². The number of halogens is 1. The first-order chi connectivity index (χ1) is 12.3. The third-order valence-corrected chi connectivity index (χ3v) is 4.69. The van der Waals surface area contributed by atoms with Crippen LogP contribution in [0.25, 0.3) is 0 Å². The summed E-state index contributed by atoms with van der Waals surface area (Å²) in [7, 11) is 0. The topological polar surface area (TPSA) is 47.6 Å². The number of hydrogen-bond donors (Lipinski definition) is 1. The molecule has 5 heteroatoms. The fourth-order valence-electron chi connectivity index (χ4n) is 2.57. The van der Waals surface area contributed by atoms with Crippen LogP contribution >= 0.6 is 11.6 Å². The lowest BCUT2D eigenvalue weighted by atomic mass is 10.1. The van der Waals surface area contributed by atoms with E-state index in [1.807, 2.05) is 58.0 Å². The Morgan fingerprint density at radius 1 is 1.08 bits per heavy atom. The van der Waals surface area contributed by atoms with E-state index >= 15 is 0 Å². The number of hydrogen-bond acceptors (Lipinski definition) is 3. The summed E-state index contributed by atoms with van der Waals surface area (Å²) in [6.45, 7) is 10.4. The van der Waals surface area contributed by atoms with E-state index in [0.717, 1.165) is 33.0 Å². The lowest BCUT2D eigenvalue weighted by Gasteiger charge is -2.16. The molecule has 0 aromatic heterocycles. The molecule has 0 heterocycles. The zero-order chi connectivity index (χ0) is 19.3. The third-order valence-electron chi connectivity index (χ3n) is 4.09. The maximum absolute atomic E-state index is 12.2. The van der Waals surface area contributed by atoms with Crippen molar-refractivity contribution in [2.75, 3.05) is 13.2 Å². The van der Waals surface area contributed by atoms with Crippen molar-refractivity contribution in [3.63, 3.8) is 0 Å². The quantitative estimate of drug-likeness (QED) is 0.723. The van der Waals surface area contributed by atoms with Crippen LogP contribution in [0.2, 0.25) is 5.02 Å². The first-order valence-electron chi connectivity index (χ1n) is 8.69. The molecule has 0 bridgehead atoms. The molecule has 4 nitrogen and oxygen atoms in total. The summed E-state index contributed by atoms with van der Waals surface area (Å²) in [6.07, 6.45) is -0.601. The fourth-order valence-corrected chi connectivity index (χ4v) is 2.68.